The highest BCUT2D eigenvalue weighted by Crippen LogP contribution is 2.23. The molecule has 0 saturated carbocycles. The van der Waals surface area contributed by atoms with Crippen molar-refractivity contribution in [2.24, 2.45) is 0 Å². The molecule has 2 rings (SSSR count). The number of pyridine rings is 1. The minimum Gasteiger partial charge on any atom is -0.493 e. The monoisotopic (exact) mass is 149 g/mol. The molecule has 0 aliphatic rings. The standard InChI is InChI=1S/C8H7NO2/c1-10-7-2-4-9-6-3-5-11-8(6)7/h2-5H,1H3. The zero-order valence-electron chi connectivity index (χ0n) is 6.07. The van der Waals surface area contributed by atoms with Gasteiger partial charge in [0.15, 0.2) is 11.3 Å². The minimum absolute atomic E-state index is 0.704. The fourth-order valence-electron chi connectivity index (χ4n) is 1.01. The van der Waals surface area contributed by atoms with Crippen LogP contribution in [0.4, 0.5) is 0 Å². The Morgan fingerprint density at radius 3 is 3.18 bits per heavy atom. The maximum Gasteiger partial charge on any atom is 0.194 e. The SMILES string of the molecule is COc1ccnc2ccoc12. The summed E-state index contributed by atoms with van der Waals surface area (Å²) >= 11 is 0. The molecule has 0 aromatic carbocycles. The summed E-state index contributed by atoms with van der Waals surface area (Å²) in [6, 6.07) is 3.57. The number of nitrogens with zero attached hydrogens (tertiary/aromatic N) is 1. The number of hydrogen-bond donors (Lipinski definition) is 0. The van der Waals surface area contributed by atoms with E-state index in [2.05, 4.69) is 4.98 Å². The van der Waals surface area contributed by atoms with Crippen molar-refractivity contribution in [1.82, 2.24) is 4.98 Å². The summed E-state index contributed by atoms with van der Waals surface area (Å²) in [5.41, 5.74) is 1.53. The highest BCUT2D eigenvalue weighted by Gasteiger charge is 2.02. The first-order chi connectivity index (χ1) is 5.42. The quantitative estimate of drug-likeness (QED) is 0.620. The molecule has 0 fully saturated rings. The van der Waals surface area contributed by atoms with E-state index in [1.807, 2.05) is 0 Å². The molecule has 0 radical (unpaired) electrons. The lowest BCUT2D eigenvalue weighted by Gasteiger charge is -1.97. The molecule has 2 heterocycles. The molecule has 0 bridgehead atoms. The molecular weight excluding hydrogens is 142 g/mol. The molecule has 0 saturated heterocycles. The van der Waals surface area contributed by atoms with Crippen molar-refractivity contribution in [1.29, 1.82) is 0 Å². The summed E-state index contributed by atoms with van der Waals surface area (Å²) in [4.78, 5) is 4.08. The Balaban J connectivity index is 2.79. The fraction of sp³-hybridized carbons (Fsp3) is 0.125. The Kier molecular flexibility index (Phi) is 1.28. The second-order valence-corrected chi connectivity index (χ2v) is 2.15. The molecule has 0 unspecified atom stereocenters. The van der Waals surface area contributed by atoms with Crippen LogP contribution >= 0.6 is 0 Å². The van der Waals surface area contributed by atoms with Gasteiger partial charge in [-0.3, -0.25) is 4.98 Å². The zero-order chi connectivity index (χ0) is 7.68. The molecule has 3 heteroatoms. The van der Waals surface area contributed by atoms with E-state index < -0.39 is 0 Å². The molecule has 0 spiro atoms. The third-order valence-corrected chi connectivity index (χ3v) is 1.53. The van der Waals surface area contributed by atoms with Crippen molar-refractivity contribution < 1.29 is 9.15 Å². The van der Waals surface area contributed by atoms with Crippen molar-refractivity contribution in [3.8, 4) is 5.75 Å². The van der Waals surface area contributed by atoms with E-state index in [0.717, 1.165) is 11.3 Å². The summed E-state index contributed by atoms with van der Waals surface area (Å²) in [7, 11) is 1.61. The molecule has 2 aromatic heterocycles. The number of furan rings is 1. The number of methoxy groups -OCH3 is 1. The van der Waals surface area contributed by atoms with Crippen LogP contribution in [0, 0.1) is 0 Å². The van der Waals surface area contributed by atoms with Gasteiger partial charge in [-0.1, -0.05) is 0 Å². The van der Waals surface area contributed by atoms with Crippen molar-refractivity contribution in [2.45, 2.75) is 0 Å². The van der Waals surface area contributed by atoms with Crippen molar-refractivity contribution in [2.75, 3.05) is 7.11 Å². The Labute approximate surface area is 63.6 Å². The molecule has 0 amide bonds. The van der Waals surface area contributed by atoms with Crippen LogP contribution in [0.3, 0.4) is 0 Å². The Morgan fingerprint density at radius 2 is 2.36 bits per heavy atom. The average Bonchev–Trinajstić information content (AvgIpc) is 2.50. The van der Waals surface area contributed by atoms with Gasteiger partial charge in [-0.05, 0) is 0 Å². The number of rotatable bonds is 1. The number of aromatic nitrogens is 1. The molecular formula is C8H7NO2. The van der Waals surface area contributed by atoms with E-state index in [0.29, 0.717) is 5.58 Å². The first-order valence-corrected chi connectivity index (χ1v) is 3.28. The van der Waals surface area contributed by atoms with E-state index in [4.69, 9.17) is 9.15 Å². The molecule has 11 heavy (non-hydrogen) atoms. The van der Waals surface area contributed by atoms with Gasteiger partial charge in [-0.2, -0.15) is 0 Å². The van der Waals surface area contributed by atoms with E-state index in [-0.39, 0.29) is 0 Å². The Bertz CT molecular complexity index is 367. The average molecular weight is 149 g/mol. The molecule has 56 valence electrons. The van der Waals surface area contributed by atoms with Gasteiger partial charge < -0.3 is 9.15 Å². The molecule has 0 aliphatic carbocycles. The van der Waals surface area contributed by atoms with Crippen molar-refractivity contribution in [3.63, 3.8) is 0 Å². The van der Waals surface area contributed by atoms with Gasteiger partial charge in [-0.15, -0.1) is 0 Å². The molecule has 2 aromatic rings. The van der Waals surface area contributed by atoms with Crippen LogP contribution in [0.5, 0.6) is 5.75 Å². The van der Waals surface area contributed by atoms with Gasteiger partial charge in [0, 0.05) is 18.3 Å². The summed E-state index contributed by atoms with van der Waals surface area (Å²) < 4.78 is 10.2. The third-order valence-electron chi connectivity index (χ3n) is 1.53. The van der Waals surface area contributed by atoms with E-state index in [1.165, 1.54) is 0 Å². The molecule has 0 aliphatic heterocycles. The van der Waals surface area contributed by atoms with E-state index in [9.17, 15) is 0 Å². The topological polar surface area (TPSA) is 35.3 Å². The predicted octanol–water partition coefficient (Wildman–Crippen LogP) is 1.84. The predicted molar refractivity (Wildman–Crippen MR) is 40.6 cm³/mol. The van der Waals surface area contributed by atoms with Crippen LogP contribution in [0.15, 0.2) is 29.0 Å². The normalized spacial score (nSPS) is 10.3. The van der Waals surface area contributed by atoms with Gasteiger partial charge in [0.05, 0.1) is 13.4 Å². The Hall–Kier alpha value is -1.51. The lowest BCUT2D eigenvalue weighted by molar-refractivity contribution is 0.410. The highest BCUT2D eigenvalue weighted by molar-refractivity contribution is 5.78. The van der Waals surface area contributed by atoms with Crippen LogP contribution in [0.25, 0.3) is 11.1 Å². The van der Waals surface area contributed by atoms with Gasteiger partial charge >= 0.3 is 0 Å². The first-order valence-electron chi connectivity index (χ1n) is 3.28. The fourth-order valence-corrected chi connectivity index (χ4v) is 1.01. The van der Waals surface area contributed by atoms with Gasteiger partial charge in [-0.25, -0.2) is 0 Å². The van der Waals surface area contributed by atoms with Crippen molar-refractivity contribution >= 4 is 11.1 Å². The van der Waals surface area contributed by atoms with Gasteiger partial charge in [0.1, 0.15) is 5.52 Å². The van der Waals surface area contributed by atoms with Crippen molar-refractivity contribution in [3.05, 3.63) is 24.6 Å². The largest absolute Gasteiger partial charge is 0.493 e. The smallest absolute Gasteiger partial charge is 0.194 e. The minimum atomic E-state index is 0.704. The highest BCUT2D eigenvalue weighted by atomic mass is 16.5. The maximum atomic E-state index is 5.15. The zero-order valence-corrected chi connectivity index (χ0v) is 6.07. The van der Waals surface area contributed by atoms with Crippen LogP contribution in [-0.2, 0) is 0 Å². The molecule has 3 nitrogen and oxygen atoms in total. The summed E-state index contributed by atoms with van der Waals surface area (Å²) in [6.07, 6.45) is 3.29. The van der Waals surface area contributed by atoms with Gasteiger partial charge in [0.25, 0.3) is 0 Å². The third kappa shape index (κ3) is 0.852. The second kappa shape index (κ2) is 2.27. The number of hydrogen-bond acceptors (Lipinski definition) is 3. The number of fused-ring (bicyclic) bond motifs is 1. The number of ether oxygens (including phenoxy) is 1. The van der Waals surface area contributed by atoms with Crippen LogP contribution in [-0.4, -0.2) is 12.1 Å². The summed E-state index contributed by atoms with van der Waals surface area (Å²) in [5, 5.41) is 0. The second-order valence-electron chi connectivity index (χ2n) is 2.15. The molecule has 0 N–H and O–H groups in total. The molecule has 0 atom stereocenters. The van der Waals surface area contributed by atoms with Crippen LogP contribution in [0.1, 0.15) is 0 Å². The van der Waals surface area contributed by atoms with Gasteiger partial charge in [0.2, 0.25) is 0 Å². The Morgan fingerprint density at radius 1 is 1.45 bits per heavy atom. The summed E-state index contributed by atoms with van der Waals surface area (Å²) in [6.45, 7) is 0. The van der Waals surface area contributed by atoms with Crippen LogP contribution in [0.2, 0.25) is 0 Å². The van der Waals surface area contributed by atoms with E-state index >= 15 is 0 Å². The van der Waals surface area contributed by atoms with E-state index in [1.54, 1.807) is 31.7 Å². The first kappa shape index (κ1) is 6.22. The maximum absolute atomic E-state index is 5.15. The van der Waals surface area contributed by atoms with Crippen LogP contribution < -0.4 is 4.74 Å². The lowest BCUT2D eigenvalue weighted by Crippen LogP contribution is -1.83. The summed E-state index contributed by atoms with van der Waals surface area (Å²) in [5.74, 6) is 0.722. The lowest BCUT2D eigenvalue weighted by atomic mass is 10.4.